The summed E-state index contributed by atoms with van der Waals surface area (Å²) in [5, 5.41) is 5.90. The summed E-state index contributed by atoms with van der Waals surface area (Å²) in [6.07, 6.45) is 1.88. The van der Waals surface area contributed by atoms with Gasteiger partial charge in [-0.25, -0.2) is 5.43 Å². The van der Waals surface area contributed by atoms with Gasteiger partial charge in [0, 0.05) is 22.5 Å². The standard InChI is InChI=1S/C23H19N3O3S/c27-21(25-24-11-15-7-9-17(10-8-15)29-18-13-30-14-18)12-26-20-6-2-4-16-3-1-5-19(22(16)20)23(26)28/h1-11,18H,12-14H2,(H,25,27)/b24-11-. The van der Waals surface area contributed by atoms with Gasteiger partial charge >= 0.3 is 0 Å². The monoisotopic (exact) mass is 417 g/mol. The van der Waals surface area contributed by atoms with Crippen molar-refractivity contribution in [2.45, 2.75) is 6.10 Å². The molecule has 1 saturated heterocycles. The van der Waals surface area contributed by atoms with Crippen LogP contribution in [0.25, 0.3) is 10.8 Å². The Bertz CT molecular complexity index is 1150. The Hall–Kier alpha value is -3.32. The summed E-state index contributed by atoms with van der Waals surface area (Å²) in [4.78, 5) is 26.6. The molecule has 1 fully saturated rings. The smallest absolute Gasteiger partial charge is 0.260 e. The van der Waals surface area contributed by atoms with Crippen LogP contribution < -0.4 is 15.1 Å². The van der Waals surface area contributed by atoms with Crippen LogP contribution in [-0.4, -0.2) is 42.2 Å². The summed E-state index contributed by atoms with van der Waals surface area (Å²) in [6, 6.07) is 18.9. The minimum absolute atomic E-state index is 0.0872. The molecule has 150 valence electrons. The van der Waals surface area contributed by atoms with Crippen LogP contribution in [0.5, 0.6) is 5.75 Å². The molecule has 6 nitrogen and oxygen atoms in total. The number of nitrogens with zero attached hydrogens (tertiary/aromatic N) is 2. The predicted octanol–water partition coefficient (Wildman–Crippen LogP) is 3.44. The average Bonchev–Trinajstić information content (AvgIpc) is 3.00. The summed E-state index contributed by atoms with van der Waals surface area (Å²) < 4.78 is 5.81. The fraction of sp³-hybridized carbons (Fsp3) is 0.174. The molecule has 2 aliphatic rings. The van der Waals surface area contributed by atoms with Gasteiger partial charge in [0.1, 0.15) is 18.4 Å². The summed E-state index contributed by atoms with van der Waals surface area (Å²) in [6.45, 7) is -0.0872. The van der Waals surface area contributed by atoms with Crippen LogP contribution >= 0.6 is 11.8 Å². The molecule has 0 aromatic heterocycles. The van der Waals surface area contributed by atoms with Gasteiger partial charge < -0.3 is 4.74 Å². The molecule has 7 heteroatoms. The Labute approximate surface area is 177 Å². The Morgan fingerprint density at radius 2 is 1.90 bits per heavy atom. The first-order chi connectivity index (χ1) is 14.7. The minimum atomic E-state index is -0.355. The van der Waals surface area contributed by atoms with Gasteiger partial charge in [-0.3, -0.25) is 14.5 Å². The molecule has 2 amide bonds. The third-order valence-corrected chi connectivity index (χ3v) is 6.36. The highest BCUT2D eigenvalue weighted by molar-refractivity contribution is 8.00. The maximum atomic E-state index is 12.7. The quantitative estimate of drug-likeness (QED) is 0.493. The van der Waals surface area contributed by atoms with E-state index in [0.29, 0.717) is 11.7 Å². The van der Waals surface area contributed by atoms with Crippen molar-refractivity contribution in [2.24, 2.45) is 5.10 Å². The van der Waals surface area contributed by atoms with E-state index in [0.717, 1.165) is 39.3 Å². The highest BCUT2D eigenvalue weighted by atomic mass is 32.2. The van der Waals surface area contributed by atoms with Gasteiger partial charge in [-0.1, -0.05) is 24.3 Å². The lowest BCUT2D eigenvalue weighted by molar-refractivity contribution is -0.119. The highest BCUT2D eigenvalue weighted by Crippen LogP contribution is 2.36. The van der Waals surface area contributed by atoms with E-state index in [1.165, 1.54) is 4.90 Å². The lowest BCUT2D eigenvalue weighted by atomic mass is 10.1. The van der Waals surface area contributed by atoms with Gasteiger partial charge in [-0.15, -0.1) is 0 Å². The van der Waals surface area contributed by atoms with Crippen LogP contribution in [0.4, 0.5) is 5.69 Å². The fourth-order valence-corrected chi connectivity index (χ4v) is 4.17. The molecule has 0 atom stereocenters. The van der Waals surface area contributed by atoms with E-state index in [4.69, 9.17) is 4.74 Å². The highest BCUT2D eigenvalue weighted by Gasteiger charge is 2.30. The lowest BCUT2D eigenvalue weighted by Gasteiger charge is -2.25. The Morgan fingerprint density at radius 3 is 2.63 bits per heavy atom. The van der Waals surface area contributed by atoms with Gasteiger partial charge in [0.15, 0.2) is 0 Å². The van der Waals surface area contributed by atoms with E-state index < -0.39 is 0 Å². The average molecular weight is 417 g/mol. The van der Waals surface area contributed by atoms with Crippen molar-refractivity contribution in [3.05, 3.63) is 71.8 Å². The van der Waals surface area contributed by atoms with Gasteiger partial charge in [0.05, 0.1) is 11.9 Å². The molecule has 30 heavy (non-hydrogen) atoms. The number of thioether (sulfide) groups is 1. The molecule has 1 N–H and O–H groups in total. The van der Waals surface area contributed by atoms with Gasteiger partial charge in [0.2, 0.25) is 0 Å². The van der Waals surface area contributed by atoms with Crippen molar-refractivity contribution in [3.8, 4) is 5.75 Å². The number of nitrogens with one attached hydrogen (secondary N) is 1. The van der Waals surface area contributed by atoms with Crippen molar-refractivity contribution in [1.82, 2.24) is 5.43 Å². The molecule has 0 aliphatic carbocycles. The number of ether oxygens (including phenoxy) is 1. The van der Waals surface area contributed by atoms with Crippen LogP contribution in [0.1, 0.15) is 15.9 Å². The zero-order valence-corrected chi connectivity index (χ0v) is 16.9. The number of benzene rings is 3. The molecular formula is C23H19N3O3S. The first-order valence-corrected chi connectivity index (χ1v) is 10.8. The molecule has 0 unspecified atom stereocenters. The summed E-state index contributed by atoms with van der Waals surface area (Å²) in [5.41, 5.74) is 4.74. The van der Waals surface area contributed by atoms with E-state index in [2.05, 4.69) is 10.5 Å². The van der Waals surface area contributed by atoms with E-state index in [9.17, 15) is 9.59 Å². The largest absolute Gasteiger partial charge is 0.489 e. The molecule has 0 bridgehead atoms. The van der Waals surface area contributed by atoms with Gasteiger partial charge in [-0.05, 0) is 47.3 Å². The lowest BCUT2D eigenvalue weighted by Crippen LogP contribution is -2.37. The van der Waals surface area contributed by atoms with E-state index >= 15 is 0 Å². The summed E-state index contributed by atoms with van der Waals surface area (Å²) in [5.74, 6) is 2.39. The normalized spacial score (nSPS) is 15.6. The van der Waals surface area contributed by atoms with Crippen molar-refractivity contribution >= 4 is 46.3 Å². The van der Waals surface area contributed by atoms with Gasteiger partial charge in [-0.2, -0.15) is 16.9 Å². The number of anilines is 1. The number of hydrogen-bond acceptors (Lipinski definition) is 5. The Kier molecular flexibility index (Phi) is 4.88. The SMILES string of the molecule is O=C(CN1C(=O)c2cccc3cccc1c23)N/N=C\c1ccc(OC2CSC2)cc1. The number of rotatable bonds is 6. The topological polar surface area (TPSA) is 71.0 Å². The third-order valence-electron chi connectivity index (χ3n) is 5.14. The predicted molar refractivity (Wildman–Crippen MR) is 120 cm³/mol. The van der Waals surface area contributed by atoms with Crippen molar-refractivity contribution < 1.29 is 14.3 Å². The molecule has 3 aromatic carbocycles. The number of hydrazone groups is 1. The maximum Gasteiger partial charge on any atom is 0.260 e. The number of amides is 2. The maximum absolute atomic E-state index is 12.7. The molecule has 0 radical (unpaired) electrons. The molecule has 2 heterocycles. The second-order valence-electron chi connectivity index (χ2n) is 7.21. The zero-order chi connectivity index (χ0) is 20.5. The molecule has 0 spiro atoms. The third kappa shape index (κ3) is 3.52. The molecule has 3 aromatic rings. The van der Waals surface area contributed by atoms with Gasteiger partial charge in [0.25, 0.3) is 11.8 Å². The van der Waals surface area contributed by atoms with Crippen molar-refractivity contribution in [1.29, 1.82) is 0 Å². The van der Waals surface area contributed by atoms with Crippen LogP contribution in [0.2, 0.25) is 0 Å². The first-order valence-electron chi connectivity index (χ1n) is 9.69. The number of hydrogen-bond donors (Lipinski definition) is 1. The van der Waals surface area contributed by atoms with E-state index in [-0.39, 0.29) is 18.4 Å². The van der Waals surface area contributed by atoms with E-state index in [1.54, 1.807) is 12.3 Å². The summed E-state index contributed by atoms with van der Waals surface area (Å²) >= 11 is 1.88. The van der Waals surface area contributed by atoms with Crippen LogP contribution in [0, 0.1) is 0 Å². The second kappa shape index (κ2) is 7.84. The Balaban J connectivity index is 1.21. The molecule has 5 rings (SSSR count). The molecule has 0 saturated carbocycles. The van der Waals surface area contributed by atoms with E-state index in [1.807, 2.05) is 66.4 Å². The summed E-state index contributed by atoms with van der Waals surface area (Å²) in [7, 11) is 0. The number of carbonyl (C=O) groups excluding carboxylic acids is 2. The zero-order valence-electron chi connectivity index (χ0n) is 16.1. The molecule has 2 aliphatic heterocycles. The minimum Gasteiger partial charge on any atom is -0.489 e. The molecular weight excluding hydrogens is 398 g/mol. The first kappa shape index (κ1) is 18.7. The Morgan fingerprint density at radius 1 is 1.13 bits per heavy atom. The van der Waals surface area contributed by atoms with Crippen LogP contribution in [0.15, 0.2) is 65.8 Å². The number of carbonyl (C=O) groups is 2. The van der Waals surface area contributed by atoms with Crippen LogP contribution in [0.3, 0.4) is 0 Å². The van der Waals surface area contributed by atoms with Crippen LogP contribution in [-0.2, 0) is 4.79 Å². The van der Waals surface area contributed by atoms with Crippen molar-refractivity contribution in [2.75, 3.05) is 23.0 Å². The fourth-order valence-electron chi connectivity index (χ4n) is 3.60. The van der Waals surface area contributed by atoms with Crippen molar-refractivity contribution in [3.63, 3.8) is 0 Å². The second-order valence-corrected chi connectivity index (χ2v) is 8.29.